The molecule has 0 amide bonds. The molecule has 4 atom stereocenters. The van der Waals surface area contributed by atoms with Crippen molar-refractivity contribution >= 4 is 21.9 Å². The van der Waals surface area contributed by atoms with Crippen LogP contribution in [0, 0.1) is 5.92 Å². The highest BCUT2D eigenvalue weighted by Crippen LogP contribution is 2.57. The molecule has 0 fully saturated rings. The largest absolute Gasteiger partial charge is 0.455 e. The van der Waals surface area contributed by atoms with E-state index in [-0.39, 0.29) is 11.6 Å². The van der Waals surface area contributed by atoms with Crippen LogP contribution in [0.5, 0.6) is 0 Å². The molecule has 3 nitrogen and oxygen atoms in total. The van der Waals surface area contributed by atoms with E-state index in [1.165, 1.54) is 44.2 Å². The van der Waals surface area contributed by atoms with Gasteiger partial charge in [0.25, 0.3) is 0 Å². The van der Waals surface area contributed by atoms with Crippen LogP contribution in [-0.4, -0.2) is 22.9 Å². The number of furan rings is 1. The lowest BCUT2D eigenvalue weighted by Crippen LogP contribution is -2.47. The monoisotopic (exact) mass is 526 g/mol. The summed E-state index contributed by atoms with van der Waals surface area (Å²) >= 11 is 0. The van der Waals surface area contributed by atoms with Crippen molar-refractivity contribution in [2.75, 3.05) is 13.1 Å². The molecule has 5 heterocycles. The molecular formula is C37H38N2O. The molecule has 3 heteroatoms. The number of allylic oxidation sites excluding steroid dienone is 2. The maximum absolute atomic E-state index is 6.95. The molecule has 0 bridgehead atoms. The molecule has 3 unspecified atom stereocenters. The van der Waals surface area contributed by atoms with Crippen molar-refractivity contribution in [1.29, 1.82) is 0 Å². The van der Waals surface area contributed by atoms with Crippen molar-refractivity contribution < 1.29 is 4.42 Å². The van der Waals surface area contributed by atoms with Gasteiger partial charge in [-0.2, -0.15) is 0 Å². The number of benzene rings is 3. The Morgan fingerprint density at radius 3 is 2.67 bits per heavy atom. The van der Waals surface area contributed by atoms with Crippen molar-refractivity contribution in [3.05, 3.63) is 118 Å². The summed E-state index contributed by atoms with van der Waals surface area (Å²) in [4.78, 5) is 5.37. The van der Waals surface area contributed by atoms with E-state index < -0.39 is 0 Å². The first-order chi connectivity index (χ1) is 19.4. The Balaban J connectivity index is 1.37. The highest BCUT2D eigenvalue weighted by atomic mass is 16.3. The fraction of sp³-hybridized carbons (Fsp3) is 0.351. The summed E-state index contributed by atoms with van der Waals surface area (Å²) in [6, 6.07) is 21.3. The van der Waals surface area contributed by atoms with Gasteiger partial charge in [-0.25, -0.2) is 0 Å². The molecule has 3 aromatic carbocycles. The second-order valence-electron chi connectivity index (χ2n) is 13.1. The molecule has 0 aliphatic carbocycles. The van der Waals surface area contributed by atoms with E-state index in [1.807, 2.05) is 0 Å². The zero-order chi connectivity index (χ0) is 27.2. The van der Waals surface area contributed by atoms with Crippen LogP contribution < -0.4 is 0 Å². The lowest BCUT2D eigenvalue weighted by atomic mass is 9.78. The molecule has 0 saturated heterocycles. The lowest BCUT2D eigenvalue weighted by Gasteiger charge is -2.48. The van der Waals surface area contributed by atoms with Gasteiger partial charge in [0.2, 0.25) is 0 Å². The van der Waals surface area contributed by atoms with Crippen LogP contribution in [0.25, 0.3) is 21.9 Å². The van der Waals surface area contributed by atoms with Crippen LogP contribution in [-0.2, 0) is 12.0 Å². The van der Waals surface area contributed by atoms with Crippen LogP contribution in [0.2, 0.25) is 0 Å². The molecule has 202 valence electrons. The van der Waals surface area contributed by atoms with Gasteiger partial charge in [0.1, 0.15) is 11.2 Å². The molecule has 0 N–H and O–H groups in total. The summed E-state index contributed by atoms with van der Waals surface area (Å²) in [5.74, 6) is 0.918. The molecule has 0 radical (unpaired) electrons. The molecule has 4 aromatic rings. The van der Waals surface area contributed by atoms with E-state index in [9.17, 15) is 0 Å². The molecule has 4 aliphatic heterocycles. The Hall–Kier alpha value is -3.56. The predicted octanol–water partition coefficient (Wildman–Crippen LogP) is 8.93. The maximum atomic E-state index is 6.95. The Morgan fingerprint density at radius 1 is 0.950 bits per heavy atom. The van der Waals surface area contributed by atoms with E-state index in [1.54, 1.807) is 0 Å². The summed E-state index contributed by atoms with van der Waals surface area (Å²) in [5.41, 5.74) is 10.8. The maximum Gasteiger partial charge on any atom is 0.141 e. The molecule has 4 aliphatic rings. The number of fused-ring (bicyclic) bond motifs is 10. The van der Waals surface area contributed by atoms with Crippen molar-refractivity contribution in [2.45, 2.75) is 64.1 Å². The zero-order valence-corrected chi connectivity index (χ0v) is 24.0. The van der Waals surface area contributed by atoms with Gasteiger partial charge < -0.3 is 9.32 Å². The van der Waals surface area contributed by atoms with Gasteiger partial charge in [-0.15, -0.1) is 0 Å². The summed E-state index contributed by atoms with van der Waals surface area (Å²) < 4.78 is 6.95. The van der Waals surface area contributed by atoms with Gasteiger partial charge in [-0.3, -0.25) is 4.90 Å². The van der Waals surface area contributed by atoms with Crippen molar-refractivity contribution in [3.8, 4) is 0 Å². The number of nitrogens with zero attached hydrogens (tertiary/aromatic N) is 2. The standard InChI is InChI=1S/C37H38N2O/c1-23(2)20-25-10-9-12-27-28-16-15-26-30(22-38-19-8-7-14-32(38)33(26)36(28)40-35(25)27)34-29-11-5-6-13-31(29)37(4)18-17-24(3)21-39(34)37/h5-17,19,23,30,32,34H,18,20-22H2,1-4H3/t30?,32?,34-,37?/m0/s1. The molecule has 8 rings (SSSR count). The summed E-state index contributed by atoms with van der Waals surface area (Å²) in [6.07, 6.45) is 13.6. The third-order valence-electron chi connectivity index (χ3n) is 10.1. The van der Waals surface area contributed by atoms with E-state index in [0.717, 1.165) is 37.1 Å². The highest BCUT2D eigenvalue weighted by Gasteiger charge is 2.52. The number of rotatable bonds is 3. The topological polar surface area (TPSA) is 19.6 Å². The highest BCUT2D eigenvalue weighted by molar-refractivity contribution is 6.07. The van der Waals surface area contributed by atoms with Gasteiger partial charge in [0.15, 0.2) is 0 Å². The van der Waals surface area contributed by atoms with Crippen molar-refractivity contribution in [3.63, 3.8) is 0 Å². The third-order valence-corrected chi connectivity index (χ3v) is 10.1. The summed E-state index contributed by atoms with van der Waals surface area (Å²) in [5, 5.41) is 2.49. The lowest BCUT2D eigenvalue weighted by molar-refractivity contribution is 0.0590. The number of hydrogen-bond donors (Lipinski definition) is 0. The van der Waals surface area contributed by atoms with Crippen LogP contribution in [0.1, 0.15) is 79.9 Å². The van der Waals surface area contributed by atoms with Crippen LogP contribution >= 0.6 is 0 Å². The van der Waals surface area contributed by atoms with Crippen molar-refractivity contribution in [1.82, 2.24) is 9.80 Å². The molecular weight excluding hydrogens is 488 g/mol. The molecule has 40 heavy (non-hydrogen) atoms. The SMILES string of the molecule is CC1=CCC2(C)c3ccccc3[C@@H](C3CN4C=CC=CC4c4c3ccc3c4oc4c(CC(C)C)cccc43)N2C1. The normalized spacial score (nSPS) is 27.2. The predicted molar refractivity (Wildman–Crippen MR) is 164 cm³/mol. The Bertz CT molecular complexity index is 1750. The van der Waals surface area contributed by atoms with E-state index in [0.29, 0.717) is 17.9 Å². The Kier molecular flexibility index (Phi) is 5.29. The third kappa shape index (κ3) is 3.34. The molecule has 0 spiro atoms. The van der Waals surface area contributed by atoms with Gasteiger partial charge in [-0.1, -0.05) is 92.2 Å². The van der Waals surface area contributed by atoms with Crippen molar-refractivity contribution in [2.24, 2.45) is 5.92 Å². The van der Waals surface area contributed by atoms with Gasteiger partial charge in [0.05, 0.1) is 6.04 Å². The second-order valence-corrected chi connectivity index (χ2v) is 13.1. The van der Waals surface area contributed by atoms with Crippen LogP contribution in [0.3, 0.4) is 0 Å². The zero-order valence-electron chi connectivity index (χ0n) is 24.0. The minimum absolute atomic E-state index is 0.0324. The van der Waals surface area contributed by atoms with Gasteiger partial charge in [-0.05, 0) is 67.1 Å². The fourth-order valence-corrected chi connectivity index (χ4v) is 8.27. The van der Waals surface area contributed by atoms with Crippen LogP contribution in [0.4, 0.5) is 0 Å². The Labute approximate surface area is 237 Å². The first-order valence-corrected chi connectivity index (χ1v) is 15.0. The van der Waals surface area contributed by atoms with E-state index >= 15 is 0 Å². The minimum atomic E-state index is 0.0324. The van der Waals surface area contributed by atoms with Gasteiger partial charge >= 0.3 is 0 Å². The molecule has 1 aromatic heterocycles. The average molecular weight is 527 g/mol. The average Bonchev–Trinajstić information content (AvgIpc) is 3.46. The number of para-hydroxylation sites is 1. The minimum Gasteiger partial charge on any atom is -0.455 e. The van der Waals surface area contributed by atoms with Crippen LogP contribution in [0.15, 0.2) is 95.1 Å². The second kappa shape index (κ2) is 8.72. The van der Waals surface area contributed by atoms with E-state index in [4.69, 9.17) is 4.42 Å². The first kappa shape index (κ1) is 24.3. The molecule has 0 saturated carbocycles. The fourth-order valence-electron chi connectivity index (χ4n) is 8.27. The summed E-state index contributed by atoms with van der Waals surface area (Å²) in [6.45, 7) is 11.4. The number of hydrogen-bond acceptors (Lipinski definition) is 3. The van der Waals surface area contributed by atoms with E-state index in [2.05, 4.69) is 123 Å². The summed E-state index contributed by atoms with van der Waals surface area (Å²) in [7, 11) is 0. The quantitative estimate of drug-likeness (QED) is 0.248. The van der Waals surface area contributed by atoms with Gasteiger partial charge in [0, 0.05) is 46.9 Å². The first-order valence-electron chi connectivity index (χ1n) is 15.0. The smallest absolute Gasteiger partial charge is 0.141 e. The Morgan fingerprint density at radius 2 is 1.80 bits per heavy atom.